The third-order valence-electron chi connectivity index (χ3n) is 3.60. The number of halogens is 5. The maximum Gasteiger partial charge on any atom is 0.422 e. The van der Waals surface area contributed by atoms with Crippen LogP contribution >= 0.6 is 0 Å². The number of rotatable bonds is 3. The van der Waals surface area contributed by atoms with Gasteiger partial charge >= 0.3 is 6.18 Å². The lowest BCUT2D eigenvalue weighted by Gasteiger charge is -2.19. The number of benzene rings is 1. The Morgan fingerprint density at radius 3 is 2.12 bits per heavy atom. The minimum atomic E-state index is -5.19. The van der Waals surface area contributed by atoms with E-state index in [0.717, 1.165) is 10.6 Å². The van der Waals surface area contributed by atoms with Crippen LogP contribution < -0.4 is 11.3 Å². The van der Waals surface area contributed by atoms with Gasteiger partial charge in [0.2, 0.25) is 0 Å². The molecule has 1 amide bonds. The summed E-state index contributed by atoms with van der Waals surface area (Å²) in [7, 11) is 0. The fourth-order valence-corrected chi connectivity index (χ4v) is 2.46. The predicted molar refractivity (Wildman–Crippen MR) is 76.9 cm³/mol. The summed E-state index contributed by atoms with van der Waals surface area (Å²) in [6.07, 6.45) is -5.19. The van der Waals surface area contributed by atoms with Gasteiger partial charge in [-0.05, 0) is 31.5 Å². The molecular formula is C15H12F5N3O2. The smallest absolute Gasteiger partial charge is 0.364 e. The second-order valence-electron chi connectivity index (χ2n) is 5.29. The highest BCUT2D eigenvalue weighted by Gasteiger charge is 2.38. The molecule has 0 aliphatic heterocycles. The monoisotopic (exact) mass is 361 g/mol. The Labute approximate surface area is 137 Å². The van der Waals surface area contributed by atoms with Crippen molar-refractivity contribution in [1.82, 2.24) is 9.55 Å². The van der Waals surface area contributed by atoms with E-state index in [4.69, 9.17) is 5.73 Å². The predicted octanol–water partition coefficient (Wildman–Crippen LogP) is 2.56. The molecule has 1 aromatic carbocycles. The van der Waals surface area contributed by atoms with Crippen molar-refractivity contribution in [2.75, 3.05) is 0 Å². The minimum absolute atomic E-state index is 0.00881. The fraction of sp³-hybridized carbons (Fsp3) is 0.267. The van der Waals surface area contributed by atoms with Crippen LogP contribution in [0.25, 0.3) is 0 Å². The van der Waals surface area contributed by atoms with Crippen LogP contribution in [0.2, 0.25) is 0 Å². The molecule has 0 radical (unpaired) electrons. The van der Waals surface area contributed by atoms with E-state index in [0.29, 0.717) is 12.1 Å². The molecule has 1 atom stereocenters. The normalized spacial score (nSPS) is 12.9. The Kier molecular flexibility index (Phi) is 4.65. The quantitative estimate of drug-likeness (QED) is 0.854. The summed E-state index contributed by atoms with van der Waals surface area (Å²) in [5, 5.41) is 0. The molecule has 25 heavy (non-hydrogen) atoms. The summed E-state index contributed by atoms with van der Waals surface area (Å²) in [4.78, 5) is 27.0. The topological polar surface area (TPSA) is 78.0 Å². The number of aromatic nitrogens is 2. The van der Waals surface area contributed by atoms with Gasteiger partial charge in [-0.2, -0.15) is 13.2 Å². The first kappa shape index (κ1) is 18.6. The molecule has 1 aromatic heterocycles. The van der Waals surface area contributed by atoms with Crippen molar-refractivity contribution in [2.24, 2.45) is 5.73 Å². The van der Waals surface area contributed by atoms with Gasteiger partial charge in [0.25, 0.3) is 11.5 Å². The third-order valence-corrected chi connectivity index (χ3v) is 3.60. The lowest BCUT2D eigenvalue weighted by Crippen LogP contribution is -2.30. The summed E-state index contributed by atoms with van der Waals surface area (Å²) in [6.45, 7) is 2.70. The Morgan fingerprint density at radius 2 is 1.72 bits per heavy atom. The summed E-state index contributed by atoms with van der Waals surface area (Å²) in [5.74, 6) is -4.51. The highest BCUT2D eigenvalue weighted by molar-refractivity contribution is 5.90. The zero-order valence-corrected chi connectivity index (χ0v) is 13.0. The van der Waals surface area contributed by atoms with E-state index in [-0.39, 0.29) is 17.1 Å². The molecular weight excluding hydrogens is 349 g/mol. The summed E-state index contributed by atoms with van der Waals surface area (Å²) in [5.41, 5.74) is 1.78. The lowest BCUT2D eigenvalue weighted by atomic mass is 10.0. The Morgan fingerprint density at radius 1 is 1.20 bits per heavy atom. The number of amides is 1. The number of carbonyl (C=O) groups is 1. The summed E-state index contributed by atoms with van der Waals surface area (Å²) < 4.78 is 66.3. The van der Waals surface area contributed by atoms with Crippen LogP contribution in [0.15, 0.2) is 23.0 Å². The van der Waals surface area contributed by atoms with Crippen LogP contribution in [0.3, 0.4) is 0 Å². The van der Waals surface area contributed by atoms with Gasteiger partial charge in [-0.1, -0.05) is 0 Å². The van der Waals surface area contributed by atoms with Crippen molar-refractivity contribution in [3.63, 3.8) is 0 Å². The molecule has 0 aliphatic rings. The second-order valence-corrected chi connectivity index (χ2v) is 5.29. The average Bonchev–Trinajstić information content (AvgIpc) is 2.43. The van der Waals surface area contributed by atoms with Crippen LogP contribution in [0, 0.1) is 18.6 Å². The number of hydrogen-bond donors (Lipinski definition) is 1. The van der Waals surface area contributed by atoms with E-state index in [1.807, 2.05) is 0 Å². The van der Waals surface area contributed by atoms with Crippen molar-refractivity contribution in [3.8, 4) is 0 Å². The zero-order chi connectivity index (χ0) is 19.1. The van der Waals surface area contributed by atoms with E-state index in [2.05, 4.69) is 4.98 Å². The number of nitrogens with two attached hydrogens (primary N) is 1. The van der Waals surface area contributed by atoms with Gasteiger partial charge in [-0.15, -0.1) is 0 Å². The van der Waals surface area contributed by atoms with Crippen molar-refractivity contribution in [2.45, 2.75) is 26.1 Å². The van der Waals surface area contributed by atoms with Gasteiger partial charge in [-0.25, -0.2) is 13.8 Å². The molecule has 2 aromatic rings. The molecule has 2 rings (SSSR count). The lowest BCUT2D eigenvalue weighted by molar-refractivity contribution is -0.142. The van der Waals surface area contributed by atoms with Crippen molar-refractivity contribution in [1.29, 1.82) is 0 Å². The Balaban J connectivity index is 2.58. The Hall–Kier alpha value is -2.78. The minimum Gasteiger partial charge on any atom is -0.364 e. The van der Waals surface area contributed by atoms with Crippen LogP contribution in [-0.2, 0) is 6.18 Å². The van der Waals surface area contributed by atoms with Gasteiger partial charge < -0.3 is 5.73 Å². The van der Waals surface area contributed by atoms with Gasteiger partial charge in [0.15, 0.2) is 0 Å². The van der Waals surface area contributed by atoms with E-state index in [1.54, 1.807) is 0 Å². The van der Waals surface area contributed by atoms with Gasteiger partial charge in [0.1, 0.15) is 28.7 Å². The molecule has 0 saturated heterocycles. The Bertz CT molecular complexity index is 882. The molecule has 10 heteroatoms. The van der Waals surface area contributed by atoms with Gasteiger partial charge in [0, 0.05) is 6.07 Å². The first-order chi connectivity index (χ1) is 11.4. The maximum atomic E-state index is 13.7. The van der Waals surface area contributed by atoms with E-state index < -0.39 is 40.9 Å². The van der Waals surface area contributed by atoms with Crippen molar-refractivity contribution in [3.05, 3.63) is 62.8 Å². The SMILES string of the molecule is Cc1nc(C(N)=O)cc(=O)n1[C@H](C)c1cc(F)c(C(F)(F)F)c(F)c1. The number of hydrogen-bond acceptors (Lipinski definition) is 3. The van der Waals surface area contributed by atoms with Crippen molar-refractivity contribution >= 4 is 5.91 Å². The molecule has 0 aliphatic carbocycles. The number of alkyl halides is 3. The molecule has 2 N–H and O–H groups in total. The molecule has 0 fully saturated rings. The number of aryl methyl sites for hydroxylation is 1. The molecule has 0 unspecified atom stereocenters. The highest BCUT2D eigenvalue weighted by Crippen LogP contribution is 2.35. The first-order valence-electron chi connectivity index (χ1n) is 6.89. The molecule has 0 spiro atoms. The first-order valence-corrected chi connectivity index (χ1v) is 6.89. The molecule has 1 heterocycles. The van der Waals surface area contributed by atoms with Crippen LogP contribution in [0.1, 0.15) is 40.4 Å². The molecule has 0 saturated carbocycles. The van der Waals surface area contributed by atoms with Gasteiger partial charge in [-0.3, -0.25) is 14.2 Å². The van der Waals surface area contributed by atoms with Gasteiger partial charge in [0.05, 0.1) is 6.04 Å². The standard InChI is InChI=1S/C15H12F5N3O2/c1-6(23-7(2)22-11(14(21)25)5-12(23)24)8-3-9(16)13(10(17)4-8)15(18,19)20/h3-6H,1-2H3,(H2,21,25)/t6-/m1/s1. The maximum absolute atomic E-state index is 13.7. The highest BCUT2D eigenvalue weighted by atomic mass is 19.4. The molecule has 5 nitrogen and oxygen atoms in total. The number of carbonyl (C=O) groups excluding carboxylic acids is 1. The average molecular weight is 361 g/mol. The van der Waals surface area contributed by atoms with Crippen LogP contribution in [0.4, 0.5) is 22.0 Å². The molecule has 0 bridgehead atoms. The zero-order valence-electron chi connectivity index (χ0n) is 13.0. The van der Waals surface area contributed by atoms with Crippen LogP contribution in [0.5, 0.6) is 0 Å². The largest absolute Gasteiger partial charge is 0.422 e. The van der Waals surface area contributed by atoms with E-state index in [1.165, 1.54) is 13.8 Å². The summed E-state index contributed by atoms with van der Waals surface area (Å²) >= 11 is 0. The van der Waals surface area contributed by atoms with Crippen LogP contribution in [-0.4, -0.2) is 15.5 Å². The fourth-order valence-electron chi connectivity index (χ4n) is 2.46. The number of nitrogens with zero attached hydrogens (tertiary/aromatic N) is 2. The molecule has 134 valence electrons. The van der Waals surface area contributed by atoms with E-state index >= 15 is 0 Å². The van der Waals surface area contributed by atoms with Crippen molar-refractivity contribution < 1.29 is 26.7 Å². The third kappa shape index (κ3) is 3.52. The number of primary amides is 1. The summed E-state index contributed by atoms with van der Waals surface area (Å²) in [6, 6.07) is 0.811. The van der Waals surface area contributed by atoms with E-state index in [9.17, 15) is 31.5 Å². The second kappa shape index (κ2) is 6.26.